The van der Waals surface area contributed by atoms with E-state index in [2.05, 4.69) is 10.00 Å². The summed E-state index contributed by atoms with van der Waals surface area (Å²) in [5.74, 6) is -0.911. The molecule has 0 saturated carbocycles. The van der Waals surface area contributed by atoms with Crippen LogP contribution in [0.15, 0.2) is 30.6 Å². The zero-order chi connectivity index (χ0) is 15.1. The van der Waals surface area contributed by atoms with E-state index in [4.69, 9.17) is 0 Å². The number of carbonyl (C=O) groups excluding carboxylic acids is 2. The quantitative estimate of drug-likeness (QED) is 0.795. The Balaban J connectivity index is 1.87. The van der Waals surface area contributed by atoms with Crippen molar-refractivity contribution in [2.45, 2.75) is 6.54 Å². The Morgan fingerprint density at radius 2 is 2.00 bits per heavy atom. The first-order valence-corrected chi connectivity index (χ1v) is 6.62. The van der Waals surface area contributed by atoms with E-state index in [0.29, 0.717) is 17.8 Å². The van der Waals surface area contributed by atoms with E-state index in [1.807, 2.05) is 38.6 Å². The Hall–Kier alpha value is -2.63. The molecule has 1 aromatic carbocycles. The number of aromatic nitrogens is 2. The number of fused-ring (bicyclic) bond motifs is 1. The summed E-state index contributed by atoms with van der Waals surface area (Å²) >= 11 is 0. The van der Waals surface area contributed by atoms with Crippen molar-refractivity contribution in [3.63, 3.8) is 0 Å². The van der Waals surface area contributed by atoms with Crippen molar-refractivity contribution >= 4 is 23.1 Å². The number of benzene rings is 1. The number of rotatable bonds is 3. The number of hydrogen-bond acceptors (Lipinski definition) is 4. The highest BCUT2D eigenvalue weighted by atomic mass is 16.2. The van der Waals surface area contributed by atoms with Crippen LogP contribution in [-0.2, 0) is 18.4 Å². The molecule has 0 N–H and O–H groups in total. The Kier molecular flexibility index (Phi) is 3.01. The van der Waals surface area contributed by atoms with Crippen molar-refractivity contribution in [2.24, 2.45) is 7.05 Å². The van der Waals surface area contributed by atoms with Crippen LogP contribution in [0.4, 0.5) is 11.4 Å². The van der Waals surface area contributed by atoms with Crippen LogP contribution in [0.2, 0.25) is 0 Å². The lowest BCUT2D eigenvalue weighted by atomic mass is 10.1. The molecule has 0 saturated heterocycles. The van der Waals surface area contributed by atoms with Gasteiger partial charge in [0.1, 0.15) is 0 Å². The van der Waals surface area contributed by atoms with Crippen molar-refractivity contribution < 1.29 is 9.59 Å². The van der Waals surface area contributed by atoms with Crippen molar-refractivity contribution in [3.05, 3.63) is 41.7 Å². The molecule has 0 atom stereocenters. The highest BCUT2D eigenvalue weighted by molar-refractivity contribution is 6.52. The number of likely N-dealkylation sites (N-methyl/N-ethyl adjacent to an activating group) is 1. The molecule has 0 radical (unpaired) electrons. The van der Waals surface area contributed by atoms with Gasteiger partial charge < -0.3 is 9.80 Å². The van der Waals surface area contributed by atoms with Gasteiger partial charge in [0.25, 0.3) is 11.7 Å². The molecule has 0 fully saturated rings. The third-order valence-electron chi connectivity index (χ3n) is 3.71. The van der Waals surface area contributed by atoms with Crippen LogP contribution in [0, 0.1) is 0 Å². The van der Waals surface area contributed by atoms with Crippen LogP contribution < -0.4 is 9.80 Å². The summed E-state index contributed by atoms with van der Waals surface area (Å²) < 4.78 is 1.76. The molecular formula is C15H16N4O2. The second-order valence-corrected chi connectivity index (χ2v) is 5.27. The normalized spacial score (nSPS) is 13.8. The summed E-state index contributed by atoms with van der Waals surface area (Å²) in [4.78, 5) is 26.9. The summed E-state index contributed by atoms with van der Waals surface area (Å²) in [6.45, 7) is 0.707. The van der Waals surface area contributed by atoms with E-state index < -0.39 is 11.7 Å². The molecule has 0 unspecified atom stereocenters. The highest BCUT2D eigenvalue weighted by Crippen LogP contribution is 2.31. The summed E-state index contributed by atoms with van der Waals surface area (Å²) in [5.41, 5.74) is 3.19. The van der Waals surface area contributed by atoms with E-state index >= 15 is 0 Å². The van der Waals surface area contributed by atoms with Crippen molar-refractivity contribution in [2.75, 3.05) is 23.9 Å². The first kappa shape index (κ1) is 13.4. The van der Waals surface area contributed by atoms with Gasteiger partial charge in [-0.25, -0.2) is 0 Å². The van der Waals surface area contributed by atoms with Crippen LogP contribution in [0.3, 0.4) is 0 Å². The minimum Gasteiger partial charge on any atom is -0.370 e. The number of nitrogens with zero attached hydrogens (tertiary/aromatic N) is 4. The molecule has 1 aliphatic heterocycles. The Morgan fingerprint density at radius 1 is 1.24 bits per heavy atom. The Bertz CT molecular complexity index is 735. The lowest BCUT2D eigenvalue weighted by Gasteiger charge is -2.20. The van der Waals surface area contributed by atoms with Gasteiger partial charge in [-0.2, -0.15) is 5.10 Å². The van der Waals surface area contributed by atoms with Gasteiger partial charge in [0.2, 0.25) is 0 Å². The Labute approximate surface area is 122 Å². The smallest absolute Gasteiger partial charge is 0.299 e. The number of hydrogen-bond donors (Lipinski definition) is 0. The highest BCUT2D eigenvalue weighted by Gasteiger charge is 2.33. The number of anilines is 2. The fourth-order valence-corrected chi connectivity index (χ4v) is 2.52. The maximum absolute atomic E-state index is 11.8. The molecule has 6 heteroatoms. The van der Waals surface area contributed by atoms with Crippen LogP contribution in [0.25, 0.3) is 0 Å². The molecule has 0 bridgehead atoms. The summed E-state index contributed by atoms with van der Waals surface area (Å²) in [5, 5.41) is 4.15. The summed E-state index contributed by atoms with van der Waals surface area (Å²) in [7, 11) is 5.47. The predicted molar refractivity (Wildman–Crippen MR) is 79.5 cm³/mol. The van der Waals surface area contributed by atoms with Gasteiger partial charge in [0, 0.05) is 45.1 Å². The van der Waals surface area contributed by atoms with E-state index in [0.717, 1.165) is 11.3 Å². The molecule has 2 heterocycles. The monoisotopic (exact) mass is 284 g/mol. The molecule has 6 nitrogen and oxygen atoms in total. The molecule has 0 spiro atoms. The second kappa shape index (κ2) is 4.73. The minimum absolute atomic E-state index is 0.436. The lowest BCUT2D eigenvalue weighted by Crippen LogP contribution is -2.24. The molecule has 21 heavy (non-hydrogen) atoms. The van der Waals surface area contributed by atoms with Gasteiger partial charge in [-0.15, -0.1) is 0 Å². The van der Waals surface area contributed by atoms with E-state index in [-0.39, 0.29) is 0 Å². The maximum Gasteiger partial charge on any atom is 0.299 e. The van der Waals surface area contributed by atoms with Crippen LogP contribution >= 0.6 is 0 Å². The number of ketones is 1. The van der Waals surface area contributed by atoms with Crippen LogP contribution in [0.5, 0.6) is 0 Å². The first-order chi connectivity index (χ1) is 9.97. The SMILES string of the molecule is CN(Cc1cnn(C)c1)c1ccc2c(c1)N(C)C(=O)C2=O. The van der Waals surface area contributed by atoms with E-state index in [9.17, 15) is 9.59 Å². The fraction of sp³-hybridized carbons (Fsp3) is 0.267. The van der Waals surface area contributed by atoms with E-state index in [1.54, 1.807) is 17.8 Å². The molecular weight excluding hydrogens is 268 g/mol. The average molecular weight is 284 g/mol. The Morgan fingerprint density at radius 3 is 2.67 bits per heavy atom. The molecule has 1 aliphatic rings. The largest absolute Gasteiger partial charge is 0.370 e. The number of Topliss-reactive ketones (excluding diaryl/α,β-unsaturated/α-hetero) is 1. The third-order valence-corrected chi connectivity index (χ3v) is 3.71. The topological polar surface area (TPSA) is 58.4 Å². The van der Waals surface area contributed by atoms with Gasteiger partial charge in [0.05, 0.1) is 17.4 Å². The van der Waals surface area contributed by atoms with Crippen molar-refractivity contribution in [1.82, 2.24) is 9.78 Å². The van der Waals surface area contributed by atoms with Crippen molar-refractivity contribution in [1.29, 1.82) is 0 Å². The fourth-order valence-electron chi connectivity index (χ4n) is 2.52. The molecule has 1 aromatic heterocycles. The minimum atomic E-state index is -0.475. The number of carbonyl (C=O) groups is 2. The van der Waals surface area contributed by atoms with Crippen LogP contribution in [0.1, 0.15) is 15.9 Å². The van der Waals surface area contributed by atoms with Gasteiger partial charge in [0.15, 0.2) is 0 Å². The number of amides is 1. The molecule has 1 amide bonds. The zero-order valence-electron chi connectivity index (χ0n) is 12.2. The number of aryl methyl sites for hydroxylation is 1. The first-order valence-electron chi connectivity index (χ1n) is 6.62. The lowest BCUT2D eigenvalue weighted by molar-refractivity contribution is -0.114. The third kappa shape index (κ3) is 2.18. The molecule has 3 rings (SSSR count). The molecule has 108 valence electrons. The standard InChI is InChI=1S/C15H16N4O2/c1-17(8-10-7-16-18(2)9-10)11-4-5-12-13(6-11)19(3)15(21)14(12)20/h4-7,9H,8H2,1-3H3. The summed E-state index contributed by atoms with van der Waals surface area (Å²) in [6.07, 6.45) is 3.78. The zero-order valence-corrected chi connectivity index (χ0v) is 12.2. The second-order valence-electron chi connectivity index (χ2n) is 5.27. The predicted octanol–water partition coefficient (Wildman–Crippen LogP) is 1.22. The van der Waals surface area contributed by atoms with Gasteiger partial charge in [-0.3, -0.25) is 14.3 Å². The maximum atomic E-state index is 11.8. The summed E-state index contributed by atoms with van der Waals surface area (Å²) in [6, 6.07) is 5.45. The van der Waals surface area contributed by atoms with Gasteiger partial charge in [-0.1, -0.05) is 0 Å². The van der Waals surface area contributed by atoms with Gasteiger partial charge >= 0.3 is 0 Å². The molecule has 0 aliphatic carbocycles. The van der Waals surface area contributed by atoms with Crippen LogP contribution in [-0.4, -0.2) is 35.6 Å². The molecule has 2 aromatic rings. The van der Waals surface area contributed by atoms with E-state index in [1.165, 1.54) is 4.90 Å². The average Bonchev–Trinajstić information content (AvgIpc) is 2.97. The van der Waals surface area contributed by atoms with Crippen molar-refractivity contribution in [3.8, 4) is 0 Å². The van der Waals surface area contributed by atoms with Gasteiger partial charge in [-0.05, 0) is 18.2 Å².